The summed E-state index contributed by atoms with van der Waals surface area (Å²) in [6, 6.07) is 10.6. The third-order valence-corrected chi connectivity index (χ3v) is 3.67. The van der Waals surface area contributed by atoms with Crippen LogP contribution in [0.5, 0.6) is 5.75 Å². The smallest absolute Gasteiger partial charge is 0.290 e. The molecule has 0 aromatic heterocycles. The van der Waals surface area contributed by atoms with E-state index >= 15 is 0 Å². The number of nitrogens with zero attached hydrogens (tertiary/aromatic N) is 2. The van der Waals surface area contributed by atoms with Crippen molar-refractivity contribution in [2.75, 3.05) is 7.11 Å². The van der Waals surface area contributed by atoms with Crippen LogP contribution in [0.4, 0.5) is 11.4 Å². The molecule has 2 aromatic rings. The van der Waals surface area contributed by atoms with E-state index in [1.165, 1.54) is 19.2 Å². The summed E-state index contributed by atoms with van der Waals surface area (Å²) < 4.78 is 5.08. The number of nitro benzene ring substituents is 2. The Morgan fingerprint density at radius 3 is 2.43 bits per heavy atom. The third-order valence-electron chi connectivity index (χ3n) is 2.62. The zero-order valence-electron chi connectivity index (χ0n) is 10.9. The van der Waals surface area contributed by atoms with Crippen LogP contribution < -0.4 is 4.74 Å². The molecular formula is C13H10N2O5S. The highest BCUT2D eigenvalue weighted by Crippen LogP contribution is 2.37. The van der Waals surface area contributed by atoms with Gasteiger partial charge >= 0.3 is 0 Å². The number of ether oxygens (including phenoxy) is 1. The standard InChI is InChI=1S/C13H10N2O5S/c1-20-10-3-2-4-11(8-10)21-13-6-5-9(14(16)17)7-12(13)15(18)19/h2-8H,1H3. The van der Waals surface area contributed by atoms with Crippen LogP contribution in [0.15, 0.2) is 52.3 Å². The second-order valence-electron chi connectivity index (χ2n) is 3.95. The summed E-state index contributed by atoms with van der Waals surface area (Å²) in [5, 5.41) is 21.7. The monoisotopic (exact) mass is 306 g/mol. The van der Waals surface area contributed by atoms with Gasteiger partial charge in [-0.1, -0.05) is 17.8 Å². The molecule has 0 aliphatic heterocycles. The lowest BCUT2D eigenvalue weighted by molar-refractivity contribution is -0.396. The van der Waals surface area contributed by atoms with Gasteiger partial charge in [-0.15, -0.1) is 0 Å². The minimum absolute atomic E-state index is 0.294. The zero-order chi connectivity index (χ0) is 15.4. The Hall–Kier alpha value is -2.61. The van der Waals surface area contributed by atoms with Crippen molar-refractivity contribution in [2.45, 2.75) is 9.79 Å². The Morgan fingerprint density at radius 1 is 1.05 bits per heavy atom. The molecule has 108 valence electrons. The molecule has 0 N–H and O–H groups in total. The Morgan fingerprint density at radius 2 is 1.81 bits per heavy atom. The molecule has 0 saturated carbocycles. The van der Waals surface area contributed by atoms with E-state index in [9.17, 15) is 20.2 Å². The van der Waals surface area contributed by atoms with E-state index in [1.54, 1.807) is 24.3 Å². The van der Waals surface area contributed by atoms with Crippen LogP contribution in [0, 0.1) is 20.2 Å². The van der Waals surface area contributed by atoms with Crippen LogP contribution in [0.1, 0.15) is 0 Å². The highest BCUT2D eigenvalue weighted by molar-refractivity contribution is 7.99. The summed E-state index contributed by atoms with van der Waals surface area (Å²) in [7, 11) is 1.53. The molecule has 0 unspecified atom stereocenters. The largest absolute Gasteiger partial charge is 0.497 e. The van der Waals surface area contributed by atoms with Gasteiger partial charge in [0, 0.05) is 11.0 Å². The summed E-state index contributed by atoms with van der Waals surface area (Å²) in [6.07, 6.45) is 0. The van der Waals surface area contributed by atoms with E-state index in [2.05, 4.69) is 0 Å². The molecule has 0 radical (unpaired) electrons. The Balaban J connectivity index is 2.38. The number of methoxy groups -OCH3 is 1. The number of hydrogen-bond donors (Lipinski definition) is 0. The number of benzene rings is 2. The molecule has 0 aliphatic carbocycles. The van der Waals surface area contributed by atoms with Gasteiger partial charge in [0.1, 0.15) is 5.75 Å². The average molecular weight is 306 g/mol. The molecular weight excluding hydrogens is 296 g/mol. The highest BCUT2D eigenvalue weighted by atomic mass is 32.2. The lowest BCUT2D eigenvalue weighted by atomic mass is 10.3. The first kappa shape index (κ1) is 14.8. The molecule has 7 nitrogen and oxygen atoms in total. The number of non-ortho nitro benzene ring substituents is 1. The highest BCUT2D eigenvalue weighted by Gasteiger charge is 2.20. The van der Waals surface area contributed by atoms with Gasteiger partial charge < -0.3 is 4.74 Å². The molecule has 0 aliphatic rings. The van der Waals surface area contributed by atoms with Crippen molar-refractivity contribution < 1.29 is 14.6 Å². The maximum Gasteiger partial charge on any atom is 0.290 e. The minimum Gasteiger partial charge on any atom is -0.497 e. The molecule has 0 heterocycles. The first-order chi connectivity index (χ1) is 10.0. The fraction of sp³-hybridized carbons (Fsp3) is 0.0769. The molecule has 21 heavy (non-hydrogen) atoms. The van der Waals surface area contributed by atoms with Crippen molar-refractivity contribution in [3.8, 4) is 5.75 Å². The van der Waals surface area contributed by atoms with Crippen LogP contribution in [-0.2, 0) is 0 Å². The molecule has 0 fully saturated rings. The average Bonchev–Trinajstić information content (AvgIpc) is 2.47. The van der Waals surface area contributed by atoms with Crippen molar-refractivity contribution in [3.05, 3.63) is 62.7 Å². The quantitative estimate of drug-likeness (QED) is 0.618. The molecule has 0 spiro atoms. The molecule has 2 rings (SSSR count). The summed E-state index contributed by atoms with van der Waals surface area (Å²) in [5.74, 6) is 0.629. The Labute approximate surface area is 123 Å². The second kappa shape index (κ2) is 6.23. The van der Waals surface area contributed by atoms with Gasteiger partial charge in [0.15, 0.2) is 0 Å². The van der Waals surface area contributed by atoms with Gasteiger partial charge in [-0.3, -0.25) is 20.2 Å². The maximum atomic E-state index is 11.1. The molecule has 2 aromatic carbocycles. The minimum atomic E-state index is -0.660. The Kier molecular flexibility index (Phi) is 4.39. The Bertz CT molecular complexity index is 705. The molecule has 8 heteroatoms. The summed E-state index contributed by atoms with van der Waals surface area (Å²) >= 11 is 1.15. The predicted molar refractivity (Wildman–Crippen MR) is 76.9 cm³/mol. The lowest BCUT2D eigenvalue weighted by Gasteiger charge is -2.05. The van der Waals surface area contributed by atoms with Gasteiger partial charge in [-0.05, 0) is 24.3 Å². The van der Waals surface area contributed by atoms with Gasteiger partial charge in [0.05, 0.1) is 27.9 Å². The summed E-state index contributed by atoms with van der Waals surface area (Å²) in [4.78, 5) is 21.5. The zero-order valence-corrected chi connectivity index (χ0v) is 11.7. The predicted octanol–water partition coefficient (Wildman–Crippen LogP) is 3.66. The van der Waals surface area contributed by atoms with Crippen molar-refractivity contribution >= 4 is 23.1 Å². The topological polar surface area (TPSA) is 95.5 Å². The molecule has 0 saturated heterocycles. The van der Waals surface area contributed by atoms with E-state index in [0.29, 0.717) is 10.6 Å². The van der Waals surface area contributed by atoms with E-state index in [0.717, 1.165) is 22.7 Å². The van der Waals surface area contributed by atoms with Gasteiger partial charge in [0.2, 0.25) is 0 Å². The van der Waals surface area contributed by atoms with Crippen molar-refractivity contribution in [3.63, 3.8) is 0 Å². The van der Waals surface area contributed by atoms with Crippen molar-refractivity contribution in [1.29, 1.82) is 0 Å². The second-order valence-corrected chi connectivity index (χ2v) is 5.06. The van der Waals surface area contributed by atoms with Crippen LogP contribution in [0.2, 0.25) is 0 Å². The fourth-order valence-corrected chi connectivity index (χ4v) is 2.59. The molecule has 0 bridgehead atoms. The van der Waals surface area contributed by atoms with Gasteiger partial charge in [0.25, 0.3) is 11.4 Å². The third kappa shape index (κ3) is 3.48. The van der Waals surface area contributed by atoms with E-state index in [4.69, 9.17) is 4.74 Å². The van der Waals surface area contributed by atoms with E-state index < -0.39 is 9.85 Å². The van der Waals surface area contributed by atoms with Crippen LogP contribution in [-0.4, -0.2) is 17.0 Å². The lowest BCUT2D eigenvalue weighted by Crippen LogP contribution is -1.94. The van der Waals surface area contributed by atoms with Crippen molar-refractivity contribution in [1.82, 2.24) is 0 Å². The maximum absolute atomic E-state index is 11.1. The van der Waals surface area contributed by atoms with E-state index in [-0.39, 0.29) is 11.4 Å². The number of hydrogen-bond acceptors (Lipinski definition) is 6. The first-order valence-corrected chi connectivity index (χ1v) is 6.57. The van der Waals surface area contributed by atoms with Gasteiger partial charge in [-0.25, -0.2) is 0 Å². The molecule has 0 amide bonds. The van der Waals surface area contributed by atoms with Crippen molar-refractivity contribution in [2.24, 2.45) is 0 Å². The van der Waals surface area contributed by atoms with E-state index in [1.807, 2.05) is 0 Å². The van der Waals surface area contributed by atoms with Crippen LogP contribution in [0.3, 0.4) is 0 Å². The first-order valence-electron chi connectivity index (χ1n) is 5.76. The van der Waals surface area contributed by atoms with Crippen LogP contribution >= 0.6 is 11.8 Å². The number of nitro groups is 2. The fourth-order valence-electron chi connectivity index (χ4n) is 1.64. The summed E-state index contributed by atoms with van der Waals surface area (Å²) in [5.41, 5.74) is -0.603. The molecule has 0 atom stereocenters. The van der Waals surface area contributed by atoms with Gasteiger partial charge in [-0.2, -0.15) is 0 Å². The van der Waals surface area contributed by atoms with Crippen LogP contribution in [0.25, 0.3) is 0 Å². The SMILES string of the molecule is COc1cccc(Sc2ccc([N+](=O)[O-])cc2[N+](=O)[O-])c1. The number of rotatable bonds is 5. The summed E-state index contributed by atoms with van der Waals surface area (Å²) in [6.45, 7) is 0. The normalized spacial score (nSPS) is 10.1.